The maximum Gasteiger partial charge on any atom is 0.160 e. The van der Waals surface area contributed by atoms with Crippen LogP contribution in [0, 0.1) is 3.57 Å². The fourth-order valence-corrected chi connectivity index (χ4v) is 2.06. The van der Waals surface area contributed by atoms with Crippen LogP contribution in [0.3, 0.4) is 0 Å². The lowest BCUT2D eigenvalue weighted by molar-refractivity contribution is -0.0325. The molecule has 1 saturated heterocycles. The van der Waals surface area contributed by atoms with Gasteiger partial charge in [-0.15, -0.1) is 0 Å². The first kappa shape index (κ1) is 12.5. The zero-order valence-corrected chi connectivity index (χ0v) is 11.9. The predicted octanol–water partition coefficient (Wildman–Crippen LogP) is 2.13. The molecular formula is C10H13ClIN3O. The zero-order chi connectivity index (χ0) is 11.5. The molecule has 1 atom stereocenters. The Hall–Kier alpha value is 0.0200. The SMILES string of the molecule is CCN1CCOC(c2ncc(I)c(Cl)n2)C1. The molecule has 1 aromatic rings. The van der Waals surface area contributed by atoms with E-state index in [1.165, 1.54) is 0 Å². The molecule has 0 saturated carbocycles. The number of rotatable bonds is 2. The average molecular weight is 354 g/mol. The lowest BCUT2D eigenvalue weighted by atomic mass is 10.2. The summed E-state index contributed by atoms with van der Waals surface area (Å²) in [5.41, 5.74) is 0. The van der Waals surface area contributed by atoms with Gasteiger partial charge in [0.2, 0.25) is 0 Å². The van der Waals surface area contributed by atoms with Crippen molar-refractivity contribution in [3.8, 4) is 0 Å². The minimum absolute atomic E-state index is 0.0526. The van der Waals surface area contributed by atoms with Gasteiger partial charge in [0.25, 0.3) is 0 Å². The number of morpholine rings is 1. The topological polar surface area (TPSA) is 38.2 Å². The number of aromatic nitrogens is 2. The van der Waals surface area contributed by atoms with Gasteiger partial charge in [0, 0.05) is 19.3 Å². The van der Waals surface area contributed by atoms with Gasteiger partial charge >= 0.3 is 0 Å². The van der Waals surface area contributed by atoms with Gasteiger partial charge in [0.15, 0.2) is 5.82 Å². The number of hydrogen-bond acceptors (Lipinski definition) is 4. The highest BCUT2D eigenvalue weighted by atomic mass is 127. The van der Waals surface area contributed by atoms with Crippen LogP contribution in [0.1, 0.15) is 18.9 Å². The number of ether oxygens (including phenoxy) is 1. The third-order valence-corrected chi connectivity index (χ3v) is 4.00. The number of nitrogens with zero attached hydrogens (tertiary/aromatic N) is 3. The van der Waals surface area contributed by atoms with E-state index in [1.54, 1.807) is 6.20 Å². The van der Waals surface area contributed by atoms with Crippen molar-refractivity contribution in [3.63, 3.8) is 0 Å². The summed E-state index contributed by atoms with van der Waals surface area (Å²) in [5.74, 6) is 0.684. The van der Waals surface area contributed by atoms with Crippen LogP contribution in [0.4, 0.5) is 0 Å². The van der Waals surface area contributed by atoms with Gasteiger partial charge in [-0.25, -0.2) is 9.97 Å². The second kappa shape index (κ2) is 5.57. The van der Waals surface area contributed by atoms with Crippen LogP contribution in [0.5, 0.6) is 0 Å². The van der Waals surface area contributed by atoms with Gasteiger partial charge in [-0.1, -0.05) is 18.5 Å². The first-order valence-electron chi connectivity index (χ1n) is 5.22. The number of hydrogen-bond donors (Lipinski definition) is 0. The summed E-state index contributed by atoms with van der Waals surface area (Å²) in [7, 11) is 0. The van der Waals surface area contributed by atoms with E-state index in [1.807, 2.05) is 0 Å². The fourth-order valence-electron chi connectivity index (χ4n) is 1.66. The molecule has 2 rings (SSSR count). The standard InChI is InChI=1S/C10H13ClIN3O/c1-2-15-3-4-16-8(6-15)10-13-5-7(12)9(11)14-10/h5,8H,2-4,6H2,1H3. The summed E-state index contributed by atoms with van der Waals surface area (Å²) in [6.07, 6.45) is 1.68. The number of halogens is 2. The maximum atomic E-state index is 5.98. The molecule has 88 valence electrons. The smallest absolute Gasteiger partial charge is 0.160 e. The Morgan fingerprint density at radius 3 is 3.19 bits per heavy atom. The minimum Gasteiger partial charge on any atom is -0.368 e. The van der Waals surface area contributed by atoms with E-state index in [4.69, 9.17) is 16.3 Å². The van der Waals surface area contributed by atoms with Crippen molar-refractivity contribution >= 4 is 34.2 Å². The van der Waals surface area contributed by atoms with Gasteiger partial charge in [0.05, 0.1) is 10.2 Å². The molecule has 0 aliphatic carbocycles. The van der Waals surface area contributed by atoms with Gasteiger partial charge in [-0.2, -0.15) is 0 Å². The van der Waals surface area contributed by atoms with Crippen molar-refractivity contribution in [1.29, 1.82) is 0 Å². The van der Waals surface area contributed by atoms with Crippen molar-refractivity contribution < 1.29 is 4.74 Å². The summed E-state index contributed by atoms with van der Waals surface area (Å²) in [6.45, 7) is 5.71. The highest BCUT2D eigenvalue weighted by Crippen LogP contribution is 2.22. The second-order valence-corrected chi connectivity index (χ2v) is 5.14. The average Bonchev–Trinajstić information content (AvgIpc) is 2.33. The first-order chi connectivity index (χ1) is 7.70. The molecule has 0 N–H and O–H groups in total. The van der Waals surface area contributed by atoms with Gasteiger partial charge in [-0.3, -0.25) is 4.90 Å². The summed E-state index contributed by atoms with van der Waals surface area (Å²) >= 11 is 8.09. The molecule has 1 unspecified atom stereocenters. The largest absolute Gasteiger partial charge is 0.368 e. The quantitative estimate of drug-likeness (QED) is 0.603. The Morgan fingerprint density at radius 2 is 2.50 bits per heavy atom. The Morgan fingerprint density at radius 1 is 1.69 bits per heavy atom. The Bertz CT molecular complexity index is 377. The van der Waals surface area contributed by atoms with Crippen molar-refractivity contribution in [2.45, 2.75) is 13.0 Å². The zero-order valence-electron chi connectivity index (χ0n) is 8.99. The molecule has 16 heavy (non-hydrogen) atoms. The molecule has 1 aliphatic rings. The van der Waals surface area contributed by atoms with E-state index in [2.05, 4.69) is 44.4 Å². The molecule has 6 heteroatoms. The molecule has 0 spiro atoms. The van der Waals surface area contributed by atoms with Gasteiger partial charge < -0.3 is 4.74 Å². The van der Waals surface area contributed by atoms with Crippen molar-refractivity contribution in [3.05, 3.63) is 20.7 Å². The van der Waals surface area contributed by atoms with Crippen LogP contribution in [0.25, 0.3) is 0 Å². The van der Waals surface area contributed by atoms with Gasteiger partial charge in [0.1, 0.15) is 11.3 Å². The molecule has 0 aromatic carbocycles. The summed E-state index contributed by atoms with van der Waals surface area (Å²) in [5, 5.41) is 0.503. The predicted molar refractivity (Wildman–Crippen MR) is 70.6 cm³/mol. The monoisotopic (exact) mass is 353 g/mol. The Kier molecular flexibility index (Phi) is 4.34. The third kappa shape index (κ3) is 2.82. The molecular weight excluding hydrogens is 340 g/mol. The van der Waals surface area contributed by atoms with E-state index >= 15 is 0 Å². The molecule has 0 amide bonds. The first-order valence-corrected chi connectivity index (χ1v) is 6.68. The highest BCUT2D eigenvalue weighted by Gasteiger charge is 2.23. The summed E-state index contributed by atoms with van der Waals surface area (Å²) in [4.78, 5) is 10.9. The van der Waals surface area contributed by atoms with E-state index in [0.29, 0.717) is 11.0 Å². The lowest BCUT2D eigenvalue weighted by Gasteiger charge is -2.31. The molecule has 0 radical (unpaired) electrons. The second-order valence-electron chi connectivity index (χ2n) is 3.62. The van der Waals surface area contributed by atoms with Crippen LogP contribution in [0.2, 0.25) is 5.15 Å². The summed E-state index contributed by atoms with van der Waals surface area (Å²) in [6, 6.07) is 0. The maximum absolute atomic E-state index is 5.98. The molecule has 1 aliphatic heterocycles. The lowest BCUT2D eigenvalue weighted by Crippen LogP contribution is -2.38. The molecule has 1 aromatic heterocycles. The Balaban J connectivity index is 2.13. The van der Waals surface area contributed by atoms with Crippen LogP contribution in [-0.2, 0) is 4.74 Å². The van der Waals surface area contributed by atoms with E-state index in [9.17, 15) is 0 Å². The molecule has 0 bridgehead atoms. The minimum atomic E-state index is -0.0526. The highest BCUT2D eigenvalue weighted by molar-refractivity contribution is 14.1. The summed E-state index contributed by atoms with van der Waals surface area (Å²) < 4.78 is 6.53. The van der Waals surface area contributed by atoms with Crippen LogP contribution in [-0.4, -0.2) is 41.1 Å². The molecule has 2 heterocycles. The third-order valence-electron chi connectivity index (χ3n) is 2.61. The van der Waals surface area contributed by atoms with Crippen LogP contribution in [0.15, 0.2) is 6.20 Å². The Labute approximate surface area is 113 Å². The van der Waals surface area contributed by atoms with Crippen molar-refractivity contribution in [2.75, 3.05) is 26.2 Å². The normalized spacial score (nSPS) is 22.3. The van der Waals surface area contributed by atoms with Crippen molar-refractivity contribution in [1.82, 2.24) is 14.9 Å². The fraction of sp³-hybridized carbons (Fsp3) is 0.600. The van der Waals surface area contributed by atoms with Crippen molar-refractivity contribution in [2.24, 2.45) is 0 Å². The van der Waals surface area contributed by atoms with Gasteiger partial charge in [-0.05, 0) is 29.1 Å². The van der Waals surface area contributed by atoms with E-state index in [-0.39, 0.29) is 6.10 Å². The number of likely N-dealkylation sites (N-methyl/N-ethyl adjacent to an activating group) is 1. The van der Waals surface area contributed by atoms with Crippen LogP contribution < -0.4 is 0 Å². The van der Waals surface area contributed by atoms with E-state index < -0.39 is 0 Å². The van der Waals surface area contributed by atoms with E-state index in [0.717, 1.165) is 29.8 Å². The molecule has 1 fully saturated rings. The molecule has 4 nitrogen and oxygen atoms in total. The van der Waals surface area contributed by atoms with Crippen LogP contribution >= 0.6 is 34.2 Å².